The van der Waals surface area contributed by atoms with Crippen LogP contribution in [0.15, 0.2) is 90.1 Å². The first-order valence-electron chi connectivity index (χ1n) is 10.5. The second-order valence-electron chi connectivity index (χ2n) is 7.65. The summed E-state index contributed by atoms with van der Waals surface area (Å²) in [6.45, 7) is 1.83. The molecule has 170 valence electrons. The van der Waals surface area contributed by atoms with Crippen LogP contribution in [0.2, 0.25) is 5.02 Å². The highest BCUT2D eigenvalue weighted by Crippen LogP contribution is 2.32. The Bertz CT molecular complexity index is 1610. The SMILES string of the molecule is CC(Oc1nc2cc3ccccc3cc2nc1NS(=O)(=O)c1ccccc1Cl)c1cccnc1. The summed E-state index contributed by atoms with van der Waals surface area (Å²) in [5, 5.41) is 2.04. The third-order valence-electron chi connectivity index (χ3n) is 5.30. The van der Waals surface area contributed by atoms with Crippen LogP contribution >= 0.6 is 11.6 Å². The van der Waals surface area contributed by atoms with Crippen molar-refractivity contribution in [3.8, 4) is 5.88 Å². The van der Waals surface area contributed by atoms with Crippen molar-refractivity contribution < 1.29 is 13.2 Å². The maximum Gasteiger partial charge on any atom is 0.264 e. The monoisotopic (exact) mass is 490 g/mol. The number of hydrogen-bond donors (Lipinski definition) is 1. The molecule has 1 unspecified atom stereocenters. The molecule has 0 aliphatic heterocycles. The van der Waals surface area contributed by atoms with Gasteiger partial charge in [0.2, 0.25) is 5.82 Å². The molecule has 5 rings (SSSR count). The lowest BCUT2D eigenvalue weighted by molar-refractivity contribution is 0.218. The molecule has 9 heteroatoms. The molecular weight excluding hydrogens is 472 g/mol. The van der Waals surface area contributed by atoms with Gasteiger partial charge in [-0.25, -0.2) is 18.4 Å². The van der Waals surface area contributed by atoms with Crippen molar-refractivity contribution in [2.45, 2.75) is 17.9 Å². The normalized spacial score (nSPS) is 12.5. The number of ether oxygens (including phenoxy) is 1. The van der Waals surface area contributed by atoms with Crippen LogP contribution in [0.3, 0.4) is 0 Å². The Morgan fingerprint density at radius 2 is 1.59 bits per heavy atom. The second kappa shape index (κ2) is 8.89. The van der Waals surface area contributed by atoms with Crippen LogP contribution in [-0.2, 0) is 10.0 Å². The van der Waals surface area contributed by atoms with Crippen molar-refractivity contribution in [3.63, 3.8) is 0 Å². The van der Waals surface area contributed by atoms with Crippen LogP contribution < -0.4 is 9.46 Å². The molecule has 7 nitrogen and oxygen atoms in total. The van der Waals surface area contributed by atoms with Crippen molar-refractivity contribution in [1.82, 2.24) is 15.0 Å². The predicted molar refractivity (Wildman–Crippen MR) is 133 cm³/mol. The Balaban J connectivity index is 1.63. The molecule has 1 atom stereocenters. The van der Waals surface area contributed by atoms with E-state index in [1.54, 1.807) is 30.6 Å². The largest absolute Gasteiger partial charge is 0.467 e. The van der Waals surface area contributed by atoms with E-state index in [9.17, 15) is 8.42 Å². The number of halogens is 1. The summed E-state index contributed by atoms with van der Waals surface area (Å²) >= 11 is 6.15. The summed E-state index contributed by atoms with van der Waals surface area (Å²) in [6.07, 6.45) is 2.89. The molecule has 0 spiro atoms. The molecule has 3 aromatic carbocycles. The van der Waals surface area contributed by atoms with Gasteiger partial charge in [-0.3, -0.25) is 9.71 Å². The van der Waals surface area contributed by atoms with Gasteiger partial charge in [-0.2, -0.15) is 0 Å². The fraction of sp³-hybridized carbons (Fsp3) is 0.0800. The fourth-order valence-electron chi connectivity index (χ4n) is 3.57. The number of aromatic nitrogens is 3. The maximum atomic E-state index is 13.1. The predicted octanol–water partition coefficient (Wildman–Crippen LogP) is 5.77. The van der Waals surface area contributed by atoms with Crippen molar-refractivity contribution in [3.05, 3.63) is 95.8 Å². The minimum absolute atomic E-state index is 0.0292. The lowest BCUT2D eigenvalue weighted by atomic mass is 10.1. The molecule has 5 aromatic rings. The first-order valence-corrected chi connectivity index (χ1v) is 12.3. The van der Waals surface area contributed by atoms with E-state index in [4.69, 9.17) is 16.3 Å². The number of rotatable bonds is 6. The van der Waals surface area contributed by atoms with E-state index in [0.717, 1.165) is 16.3 Å². The van der Waals surface area contributed by atoms with E-state index in [-0.39, 0.29) is 21.6 Å². The molecule has 0 saturated heterocycles. The van der Waals surface area contributed by atoms with Crippen LogP contribution in [0, 0.1) is 0 Å². The highest BCUT2D eigenvalue weighted by atomic mass is 35.5. The van der Waals surface area contributed by atoms with Crippen LogP contribution in [0.25, 0.3) is 21.8 Å². The maximum absolute atomic E-state index is 13.1. The average Bonchev–Trinajstić information content (AvgIpc) is 2.83. The van der Waals surface area contributed by atoms with Gasteiger partial charge in [-0.05, 0) is 48.0 Å². The second-order valence-corrected chi connectivity index (χ2v) is 9.71. The van der Waals surface area contributed by atoms with Crippen LogP contribution in [0.1, 0.15) is 18.6 Å². The Hall–Kier alpha value is -3.75. The number of hydrogen-bond acceptors (Lipinski definition) is 6. The molecule has 1 N–H and O–H groups in total. The van der Waals surface area contributed by atoms with Crippen molar-refractivity contribution in [2.75, 3.05) is 4.72 Å². The first-order chi connectivity index (χ1) is 16.4. The molecule has 0 fully saturated rings. The summed E-state index contributed by atoms with van der Waals surface area (Å²) in [5.41, 5.74) is 1.91. The van der Waals surface area contributed by atoms with Gasteiger partial charge >= 0.3 is 0 Å². The molecule has 0 radical (unpaired) electrons. The third kappa shape index (κ3) is 4.37. The lowest BCUT2D eigenvalue weighted by Gasteiger charge is -2.18. The zero-order valence-electron chi connectivity index (χ0n) is 18.0. The van der Waals surface area contributed by atoms with E-state index >= 15 is 0 Å². The molecule has 34 heavy (non-hydrogen) atoms. The Labute approximate surface area is 201 Å². The minimum atomic E-state index is -4.05. The quantitative estimate of drug-likeness (QED) is 0.303. The number of benzene rings is 3. The van der Waals surface area contributed by atoms with Crippen molar-refractivity contribution in [1.29, 1.82) is 0 Å². The van der Waals surface area contributed by atoms with Crippen LogP contribution in [0.4, 0.5) is 5.82 Å². The number of nitrogens with one attached hydrogen (secondary N) is 1. The molecule has 0 aliphatic carbocycles. The standard InChI is InChI=1S/C25H19ClN4O3S/c1-16(19-9-6-12-27-15-19)33-25-24(30-34(31,32)23-11-5-4-10-20(23)26)28-21-13-17-7-2-3-8-18(17)14-22(21)29-25/h2-16H,1H3,(H,28,30). The number of pyridine rings is 1. The Kier molecular flexibility index (Phi) is 5.77. The first kappa shape index (κ1) is 22.1. The molecule has 0 aliphatic rings. The van der Waals surface area contributed by atoms with E-state index in [2.05, 4.69) is 19.7 Å². The topological polar surface area (TPSA) is 94.1 Å². The van der Waals surface area contributed by atoms with Gasteiger partial charge in [-0.1, -0.05) is 54.1 Å². The molecule has 2 heterocycles. The van der Waals surface area contributed by atoms with Gasteiger partial charge in [0.25, 0.3) is 15.9 Å². The van der Waals surface area contributed by atoms with Gasteiger partial charge < -0.3 is 4.74 Å². The summed E-state index contributed by atoms with van der Waals surface area (Å²) in [7, 11) is -4.05. The van der Waals surface area contributed by atoms with Gasteiger partial charge in [0.05, 0.1) is 16.1 Å². The van der Waals surface area contributed by atoms with Gasteiger partial charge in [0.1, 0.15) is 11.0 Å². The van der Waals surface area contributed by atoms with E-state index in [1.807, 2.05) is 49.4 Å². The van der Waals surface area contributed by atoms with Crippen molar-refractivity contribution in [2.24, 2.45) is 0 Å². The molecular formula is C25H19ClN4O3S. The van der Waals surface area contributed by atoms with E-state index in [0.29, 0.717) is 11.0 Å². The zero-order chi connectivity index (χ0) is 23.7. The summed E-state index contributed by atoms with van der Waals surface area (Å²) < 4.78 is 34.9. The third-order valence-corrected chi connectivity index (χ3v) is 7.14. The van der Waals surface area contributed by atoms with Crippen LogP contribution in [-0.4, -0.2) is 23.4 Å². The molecule has 0 saturated carbocycles. The smallest absolute Gasteiger partial charge is 0.264 e. The van der Waals surface area contributed by atoms with E-state index in [1.165, 1.54) is 12.1 Å². The number of fused-ring (bicyclic) bond motifs is 2. The van der Waals surface area contributed by atoms with Gasteiger partial charge in [0, 0.05) is 18.0 Å². The summed E-state index contributed by atoms with van der Waals surface area (Å²) in [6, 6.07) is 21.4. The van der Waals surface area contributed by atoms with Crippen molar-refractivity contribution >= 4 is 49.2 Å². The van der Waals surface area contributed by atoms with Gasteiger partial charge in [0.15, 0.2) is 0 Å². The van der Waals surface area contributed by atoms with Crippen LogP contribution in [0.5, 0.6) is 5.88 Å². The summed E-state index contributed by atoms with van der Waals surface area (Å²) in [5.74, 6) is 0.0215. The number of sulfonamides is 1. The number of nitrogens with zero attached hydrogens (tertiary/aromatic N) is 3. The summed E-state index contributed by atoms with van der Waals surface area (Å²) in [4.78, 5) is 13.3. The molecule has 2 aromatic heterocycles. The zero-order valence-corrected chi connectivity index (χ0v) is 19.6. The Morgan fingerprint density at radius 1 is 0.912 bits per heavy atom. The van der Waals surface area contributed by atoms with E-state index < -0.39 is 16.1 Å². The highest BCUT2D eigenvalue weighted by Gasteiger charge is 2.23. The number of anilines is 1. The average molecular weight is 491 g/mol. The Morgan fingerprint density at radius 3 is 2.26 bits per heavy atom. The minimum Gasteiger partial charge on any atom is -0.467 e. The lowest BCUT2D eigenvalue weighted by Crippen LogP contribution is -2.17. The van der Waals surface area contributed by atoms with Gasteiger partial charge in [-0.15, -0.1) is 0 Å². The molecule has 0 amide bonds. The fourth-order valence-corrected chi connectivity index (χ4v) is 5.09. The molecule has 0 bridgehead atoms. The highest BCUT2D eigenvalue weighted by molar-refractivity contribution is 7.92.